The van der Waals surface area contributed by atoms with Crippen molar-refractivity contribution in [3.05, 3.63) is 0 Å². The maximum Gasteiger partial charge on any atom is 0.147 e. The molecule has 2 saturated heterocycles. The fourth-order valence-electron chi connectivity index (χ4n) is 1.70. The van der Waals surface area contributed by atoms with Crippen LogP contribution < -0.4 is 5.32 Å². The third-order valence-corrected chi connectivity index (χ3v) is 2.85. The molecule has 0 saturated carbocycles. The first-order chi connectivity index (χ1) is 6.36. The Bertz CT molecular complexity index is 156. The van der Waals surface area contributed by atoms with Crippen LogP contribution in [0.3, 0.4) is 0 Å². The second-order valence-electron chi connectivity index (χ2n) is 3.86. The second kappa shape index (κ2) is 4.37. The van der Waals surface area contributed by atoms with Crippen LogP contribution in [0.4, 0.5) is 0 Å². The van der Waals surface area contributed by atoms with Crippen LogP contribution in [0.5, 0.6) is 0 Å². The smallest absolute Gasteiger partial charge is 0.147 e. The molecule has 76 valence electrons. The molecule has 0 amide bonds. The van der Waals surface area contributed by atoms with Crippen LogP contribution in [0.15, 0.2) is 0 Å². The molecule has 1 N–H and O–H groups in total. The van der Waals surface area contributed by atoms with Crippen molar-refractivity contribution in [3.63, 3.8) is 0 Å². The molecule has 1 atom stereocenters. The lowest BCUT2D eigenvalue weighted by Crippen LogP contribution is -2.57. The molecule has 4 heteroatoms. The van der Waals surface area contributed by atoms with Gasteiger partial charge in [-0.15, -0.1) is 0 Å². The monoisotopic (exact) mass is 186 g/mol. The summed E-state index contributed by atoms with van der Waals surface area (Å²) >= 11 is 0. The SMILES string of the molecule is CN(CC1CCOCO1)C1CNC1. The molecule has 0 bridgehead atoms. The van der Waals surface area contributed by atoms with Crippen LogP contribution in [0.1, 0.15) is 6.42 Å². The molecule has 2 aliphatic heterocycles. The van der Waals surface area contributed by atoms with Crippen molar-refractivity contribution in [1.82, 2.24) is 10.2 Å². The van der Waals surface area contributed by atoms with Crippen molar-refractivity contribution < 1.29 is 9.47 Å². The largest absolute Gasteiger partial charge is 0.355 e. The van der Waals surface area contributed by atoms with E-state index in [0.717, 1.165) is 32.7 Å². The Morgan fingerprint density at radius 2 is 2.31 bits per heavy atom. The van der Waals surface area contributed by atoms with Crippen LogP contribution in [-0.2, 0) is 9.47 Å². The Morgan fingerprint density at radius 3 is 2.85 bits per heavy atom. The van der Waals surface area contributed by atoms with Gasteiger partial charge in [0.2, 0.25) is 0 Å². The molecule has 2 fully saturated rings. The van der Waals surface area contributed by atoms with E-state index >= 15 is 0 Å². The van der Waals surface area contributed by atoms with Gasteiger partial charge in [0.1, 0.15) is 6.79 Å². The van der Waals surface area contributed by atoms with Gasteiger partial charge in [-0.1, -0.05) is 0 Å². The highest BCUT2D eigenvalue weighted by Crippen LogP contribution is 2.10. The summed E-state index contributed by atoms with van der Waals surface area (Å²) in [6.07, 6.45) is 1.41. The Balaban J connectivity index is 1.69. The molecule has 13 heavy (non-hydrogen) atoms. The number of likely N-dealkylation sites (N-methyl/N-ethyl adjacent to an activating group) is 1. The van der Waals surface area contributed by atoms with Gasteiger partial charge in [-0.2, -0.15) is 0 Å². The lowest BCUT2D eigenvalue weighted by atomic mass is 10.1. The first-order valence-electron chi connectivity index (χ1n) is 4.96. The van der Waals surface area contributed by atoms with Gasteiger partial charge in [-0.25, -0.2) is 0 Å². The number of hydrogen-bond acceptors (Lipinski definition) is 4. The molecular weight excluding hydrogens is 168 g/mol. The number of nitrogens with zero attached hydrogens (tertiary/aromatic N) is 1. The lowest BCUT2D eigenvalue weighted by Gasteiger charge is -2.38. The number of rotatable bonds is 3. The maximum absolute atomic E-state index is 5.48. The Morgan fingerprint density at radius 1 is 1.46 bits per heavy atom. The highest BCUT2D eigenvalue weighted by molar-refractivity contribution is 4.84. The average Bonchev–Trinajstić information content (AvgIpc) is 2.02. The predicted molar refractivity (Wildman–Crippen MR) is 49.6 cm³/mol. The zero-order valence-corrected chi connectivity index (χ0v) is 8.16. The first kappa shape index (κ1) is 9.40. The van der Waals surface area contributed by atoms with Crippen molar-refractivity contribution in [3.8, 4) is 0 Å². The van der Waals surface area contributed by atoms with Gasteiger partial charge < -0.3 is 14.8 Å². The maximum atomic E-state index is 5.48. The zero-order valence-electron chi connectivity index (χ0n) is 8.16. The van der Waals surface area contributed by atoms with E-state index in [1.165, 1.54) is 0 Å². The van der Waals surface area contributed by atoms with Crippen molar-refractivity contribution in [1.29, 1.82) is 0 Å². The fourth-order valence-corrected chi connectivity index (χ4v) is 1.70. The topological polar surface area (TPSA) is 33.7 Å². The number of ether oxygens (including phenoxy) is 2. The standard InChI is InChI=1S/C9H18N2O2/c1-11(8-4-10-5-8)6-9-2-3-12-7-13-9/h8-10H,2-7H2,1H3. The molecule has 0 aliphatic carbocycles. The van der Waals surface area contributed by atoms with Crippen molar-refractivity contribution in [2.45, 2.75) is 18.6 Å². The Kier molecular flexibility index (Phi) is 3.16. The molecule has 4 nitrogen and oxygen atoms in total. The molecule has 2 heterocycles. The van der Waals surface area contributed by atoms with Crippen LogP contribution in [0.25, 0.3) is 0 Å². The van der Waals surface area contributed by atoms with Crippen LogP contribution in [-0.4, -0.2) is 57.1 Å². The van der Waals surface area contributed by atoms with E-state index < -0.39 is 0 Å². The minimum absolute atomic E-state index is 0.374. The molecule has 0 aromatic rings. The first-order valence-corrected chi connectivity index (χ1v) is 4.96. The van der Waals surface area contributed by atoms with Gasteiger partial charge in [0, 0.05) is 25.7 Å². The average molecular weight is 186 g/mol. The summed E-state index contributed by atoms with van der Waals surface area (Å²) in [6.45, 7) is 4.61. The van der Waals surface area contributed by atoms with Gasteiger partial charge in [0.05, 0.1) is 12.7 Å². The normalized spacial score (nSPS) is 30.5. The van der Waals surface area contributed by atoms with E-state index in [1.54, 1.807) is 0 Å². The molecule has 0 spiro atoms. The van der Waals surface area contributed by atoms with Crippen LogP contribution in [0, 0.1) is 0 Å². The van der Waals surface area contributed by atoms with Gasteiger partial charge in [0.15, 0.2) is 0 Å². The molecular formula is C9H18N2O2. The van der Waals surface area contributed by atoms with E-state index in [1.807, 2.05) is 0 Å². The third kappa shape index (κ3) is 2.40. The van der Waals surface area contributed by atoms with Crippen molar-refractivity contribution in [2.75, 3.05) is 40.1 Å². The van der Waals surface area contributed by atoms with E-state index in [4.69, 9.17) is 9.47 Å². The number of hydrogen-bond donors (Lipinski definition) is 1. The Labute approximate surface area is 79.2 Å². The van der Waals surface area contributed by atoms with E-state index in [0.29, 0.717) is 18.9 Å². The minimum atomic E-state index is 0.374. The van der Waals surface area contributed by atoms with Gasteiger partial charge in [-0.05, 0) is 13.5 Å². The predicted octanol–water partition coefficient (Wildman–Crippen LogP) is -0.347. The van der Waals surface area contributed by atoms with Crippen LogP contribution >= 0.6 is 0 Å². The third-order valence-electron chi connectivity index (χ3n) is 2.85. The van der Waals surface area contributed by atoms with Gasteiger partial charge in [0.25, 0.3) is 0 Å². The molecule has 2 rings (SSSR count). The number of nitrogens with one attached hydrogen (secondary N) is 1. The summed E-state index contributed by atoms with van der Waals surface area (Å²) in [5, 5.41) is 3.27. The minimum Gasteiger partial charge on any atom is -0.355 e. The van der Waals surface area contributed by atoms with Crippen molar-refractivity contribution >= 4 is 0 Å². The molecule has 1 unspecified atom stereocenters. The highest BCUT2D eigenvalue weighted by atomic mass is 16.7. The van der Waals surface area contributed by atoms with Crippen LogP contribution in [0.2, 0.25) is 0 Å². The Hall–Kier alpha value is -0.160. The summed E-state index contributed by atoms with van der Waals surface area (Å²) in [6, 6.07) is 0.714. The van der Waals surface area contributed by atoms with E-state index in [-0.39, 0.29) is 0 Å². The zero-order chi connectivity index (χ0) is 9.10. The molecule has 0 aromatic heterocycles. The molecule has 0 aromatic carbocycles. The summed E-state index contributed by atoms with van der Waals surface area (Å²) in [5.41, 5.74) is 0. The summed E-state index contributed by atoms with van der Waals surface area (Å²) in [4.78, 5) is 2.38. The lowest BCUT2D eigenvalue weighted by molar-refractivity contribution is -0.145. The van der Waals surface area contributed by atoms with E-state index in [9.17, 15) is 0 Å². The molecule has 0 radical (unpaired) electrons. The van der Waals surface area contributed by atoms with Gasteiger partial charge >= 0.3 is 0 Å². The second-order valence-corrected chi connectivity index (χ2v) is 3.86. The van der Waals surface area contributed by atoms with Crippen molar-refractivity contribution in [2.24, 2.45) is 0 Å². The molecule has 2 aliphatic rings. The summed E-state index contributed by atoms with van der Waals surface area (Å²) in [7, 11) is 2.17. The summed E-state index contributed by atoms with van der Waals surface area (Å²) in [5.74, 6) is 0. The van der Waals surface area contributed by atoms with Gasteiger partial charge in [-0.3, -0.25) is 4.90 Å². The summed E-state index contributed by atoms with van der Waals surface area (Å²) < 4.78 is 10.6. The fraction of sp³-hybridized carbons (Fsp3) is 1.00. The van der Waals surface area contributed by atoms with E-state index in [2.05, 4.69) is 17.3 Å². The highest BCUT2D eigenvalue weighted by Gasteiger charge is 2.24. The quantitative estimate of drug-likeness (QED) is 0.653.